The summed E-state index contributed by atoms with van der Waals surface area (Å²) in [6.45, 7) is 2.65. The van der Waals surface area contributed by atoms with E-state index < -0.39 is 0 Å². The van der Waals surface area contributed by atoms with E-state index in [0.29, 0.717) is 16.6 Å². The first-order chi connectivity index (χ1) is 7.60. The Morgan fingerprint density at radius 1 is 1.75 bits per heavy atom. The Balaban J connectivity index is 3.03. The van der Waals surface area contributed by atoms with E-state index in [9.17, 15) is 4.79 Å². The average molecular weight is 302 g/mol. The van der Waals surface area contributed by atoms with E-state index in [0.717, 1.165) is 0 Å². The van der Waals surface area contributed by atoms with Crippen molar-refractivity contribution in [3.8, 4) is 12.3 Å². The van der Waals surface area contributed by atoms with Gasteiger partial charge in [0, 0.05) is 17.2 Å². The second-order valence-corrected chi connectivity index (χ2v) is 4.29. The number of nitrogens with zero attached hydrogens (tertiary/aromatic N) is 2. The third-order valence-corrected chi connectivity index (χ3v) is 2.72. The van der Waals surface area contributed by atoms with Gasteiger partial charge < -0.3 is 4.90 Å². The fourth-order valence-corrected chi connectivity index (χ4v) is 1.70. The van der Waals surface area contributed by atoms with Crippen molar-refractivity contribution in [2.24, 2.45) is 0 Å². The number of halogens is 2. The zero-order chi connectivity index (χ0) is 12.1. The van der Waals surface area contributed by atoms with Crippen molar-refractivity contribution in [3.05, 3.63) is 27.5 Å². The molecule has 0 aliphatic heterocycles. The fraction of sp³-hybridized carbons (Fsp3) is 0.273. The Bertz CT molecular complexity index is 442. The van der Waals surface area contributed by atoms with Gasteiger partial charge >= 0.3 is 0 Å². The smallest absolute Gasteiger partial charge is 0.257 e. The second kappa shape index (κ2) is 5.88. The molecule has 3 nitrogen and oxygen atoms in total. The number of pyridine rings is 1. The lowest BCUT2D eigenvalue weighted by Gasteiger charge is -2.18. The molecule has 0 aromatic carbocycles. The largest absolute Gasteiger partial charge is 0.328 e. The fourth-order valence-electron chi connectivity index (χ4n) is 1.18. The van der Waals surface area contributed by atoms with Crippen LogP contribution in [0.2, 0.25) is 5.15 Å². The van der Waals surface area contributed by atoms with Crippen LogP contribution in [0, 0.1) is 12.3 Å². The number of aromatic nitrogens is 1. The zero-order valence-corrected chi connectivity index (χ0v) is 11.0. The van der Waals surface area contributed by atoms with Crippen LogP contribution in [0.1, 0.15) is 17.3 Å². The molecule has 0 spiro atoms. The molecule has 0 radical (unpaired) electrons. The third-order valence-electron chi connectivity index (χ3n) is 1.99. The number of carbonyl (C=O) groups excluding carboxylic acids is 1. The Kier molecular flexibility index (Phi) is 4.78. The summed E-state index contributed by atoms with van der Waals surface area (Å²) in [4.78, 5) is 17.4. The first kappa shape index (κ1) is 13.0. The molecule has 0 bridgehead atoms. The van der Waals surface area contributed by atoms with Crippen LogP contribution in [0.5, 0.6) is 0 Å². The van der Waals surface area contributed by atoms with Gasteiger partial charge in [0.1, 0.15) is 5.15 Å². The van der Waals surface area contributed by atoms with Crippen LogP contribution >= 0.6 is 27.5 Å². The van der Waals surface area contributed by atoms with E-state index in [-0.39, 0.29) is 17.6 Å². The van der Waals surface area contributed by atoms with Crippen LogP contribution in [0.3, 0.4) is 0 Å². The Hall–Kier alpha value is -1.05. The van der Waals surface area contributed by atoms with Crippen molar-refractivity contribution in [2.45, 2.75) is 6.92 Å². The Morgan fingerprint density at radius 2 is 2.44 bits per heavy atom. The van der Waals surface area contributed by atoms with E-state index in [1.54, 1.807) is 6.07 Å². The zero-order valence-electron chi connectivity index (χ0n) is 8.70. The van der Waals surface area contributed by atoms with Gasteiger partial charge in [0.15, 0.2) is 0 Å². The Morgan fingerprint density at radius 3 is 3.00 bits per heavy atom. The van der Waals surface area contributed by atoms with Gasteiger partial charge in [0.25, 0.3) is 5.91 Å². The predicted octanol–water partition coefficient (Wildman–Crippen LogP) is 2.59. The molecule has 1 rings (SSSR count). The van der Waals surface area contributed by atoms with E-state index in [4.69, 9.17) is 18.0 Å². The summed E-state index contributed by atoms with van der Waals surface area (Å²) in [6, 6.07) is 1.64. The summed E-state index contributed by atoms with van der Waals surface area (Å²) in [7, 11) is 0. The standard InChI is InChI=1S/C11H10BrClN2O/c1-3-5-15(4-2)11(16)9-6-8(12)7-14-10(9)13/h1,6-7H,4-5H2,2H3. The quantitative estimate of drug-likeness (QED) is 0.635. The topological polar surface area (TPSA) is 33.2 Å². The molecule has 0 N–H and O–H groups in total. The van der Waals surface area contributed by atoms with Crippen LogP contribution in [0.4, 0.5) is 0 Å². The molecule has 5 heteroatoms. The number of terminal acetylenes is 1. The molecule has 84 valence electrons. The van der Waals surface area contributed by atoms with E-state index in [1.807, 2.05) is 6.92 Å². The molecule has 1 aromatic rings. The monoisotopic (exact) mass is 300 g/mol. The number of hydrogen-bond donors (Lipinski definition) is 0. The molecule has 0 aliphatic carbocycles. The number of amides is 1. The highest BCUT2D eigenvalue weighted by molar-refractivity contribution is 9.10. The van der Waals surface area contributed by atoms with Crippen molar-refractivity contribution in [3.63, 3.8) is 0 Å². The summed E-state index contributed by atoms with van der Waals surface area (Å²) in [6.07, 6.45) is 6.73. The van der Waals surface area contributed by atoms with Gasteiger partial charge in [-0.15, -0.1) is 6.42 Å². The van der Waals surface area contributed by atoms with Gasteiger partial charge in [-0.05, 0) is 28.9 Å². The third kappa shape index (κ3) is 2.97. The molecule has 1 amide bonds. The summed E-state index contributed by atoms with van der Waals surface area (Å²) >= 11 is 9.10. The lowest BCUT2D eigenvalue weighted by molar-refractivity contribution is 0.0784. The molecule has 0 aliphatic rings. The van der Waals surface area contributed by atoms with E-state index in [1.165, 1.54) is 11.1 Å². The molecule has 0 atom stereocenters. The van der Waals surface area contributed by atoms with E-state index >= 15 is 0 Å². The summed E-state index contributed by atoms with van der Waals surface area (Å²) in [5.41, 5.74) is 0.355. The van der Waals surface area contributed by atoms with Crippen molar-refractivity contribution in [1.82, 2.24) is 9.88 Å². The predicted molar refractivity (Wildman–Crippen MR) is 67.4 cm³/mol. The molecule has 0 fully saturated rings. The van der Waals surface area contributed by atoms with Gasteiger partial charge in [0.05, 0.1) is 12.1 Å². The summed E-state index contributed by atoms with van der Waals surface area (Å²) in [5, 5.41) is 0.184. The summed E-state index contributed by atoms with van der Waals surface area (Å²) < 4.78 is 0.706. The highest BCUT2D eigenvalue weighted by Gasteiger charge is 2.17. The van der Waals surface area contributed by atoms with Crippen LogP contribution in [0.25, 0.3) is 0 Å². The number of hydrogen-bond acceptors (Lipinski definition) is 2. The lowest BCUT2D eigenvalue weighted by Crippen LogP contribution is -2.31. The lowest BCUT2D eigenvalue weighted by atomic mass is 10.2. The molecule has 16 heavy (non-hydrogen) atoms. The number of rotatable bonds is 3. The van der Waals surface area contributed by atoms with Crippen LogP contribution in [-0.2, 0) is 0 Å². The van der Waals surface area contributed by atoms with Gasteiger partial charge in [-0.25, -0.2) is 4.98 Å². The highest BCUT2D eigenvalue weighted by Crippen LogP contribution is 2.19. The maximum atomic E-state index is 12.0. The molecular formula is C11H10BrClN2O. The van der Waals surface area contributed by atoms with E-state index in [2.05, 4.69) is 26.8 Å². The van der Waals surface area contributed by atoms with Crippen molar-refractivity contribution >= 4 is 33.4 Å². The molecule has 0 unspecified atom stereocenters. The van der Waals surface area contributed by atoms with Crippen LogP contribution < -0.4 is 0 Å². The minimum absolute atomic E-state index is 0.184. The summed E-state index contributed by atoms with van der Waals surface area (Å²) in [5.74, 6) is 2.22. The van der Waals surface area contributed by atoms with Gasteiger partial charge in [-0.1, -0.05) is 17.5 Å². The van der Waals surface area contributed by atoms with Gasteiger partial charge in [-0.2, -0.15) is 0 Å². The number of carbonyl (C=O) groups is 1. The van der Waals surface area contributed by atoms with Crippen LogP contribution in [-0.4, -0.2) is 28.9 Å². The molecule has 1 aromatic heterocycles. The first-order valence-electron chi connectivity index (χ1n) is 4.64. The normalized spacial score (nSPS) is 9.62. The minimum atomic E-state index is -0.209. The molecule has 0 saturated carbocycles. The van der Waals surface area contributed by atoms with Gasteiger partial charge in [-0.3, -0.25) is 4.79 Å². The van der Waals surface area contributed by atoms with Gasteiger partial charge in [0.2, 0.25) is 0 Å². The minimum Gasteiger partial charge on any atom is -0.328 e. The van der Waals surface area contributed by atoms with Crippen molar-refractivity contribution in [1.29, 1.82) is 0 Å². The van der Waals surface area contributed by atoms with Crippen LogP contribution in [0.15, 0.2) is 16.7 Å². The first-order valence-corrected chi connectivity index (χ1v) is 5.81. The average Bonchev–Trinajstić information content (AvgIpc) is 2.28. The second-order valence-electron chi connectivity index (χ2n) is 3.02. The SMILES string of the molecule is C#CCN(CC)C(=O)c1cc(Br)cnc1Cl. The maximum absolute atomic E-state index is 12.0. The maximum Gasteiger partial charge on any atom is 0.257 e. The molecule has 1 heterocycles. The Labute approximate surface area is 108 Å². The molecular weight excluding hydrogens is 291 g/mol. The van der Waals surface area contributed by atoms with Crippen molar-refractivity contribution in [2.75, 3.05) is 13.1 Å². The molecule has 0 saturated heterocycles. The van der Waals surface area contributed by atoms with Crippen molar-refractivity contribution < 1.29 is 4.79 Å². The highest BCUT2D eigenvalue weighted by atomic mass is 79.9.